The van der Waals surface area contributed by atoms with E-state index < -0.39 is 0 Å². The van der Waals surface area contributed by atoms with Gasteiger partial charge >= 0.3 is 0 Å². The molecule has 1 heterocycles. The summed E-state index contributed by atoms with van der Waals surface area (Å²) >= 11 is 11.8. The number of pyridine rings is 1. The number of likely N-dealkylation sites (N-methyl/N-ethyl adjacent to an activating group) is 1. The number of halogens is 2. The fourth-order valence-corrected chi connectivity index (χ4v) is 2.09. The molecule has 2 rings (SSSR count). The van der Waals surface area contributed by atoms with Gasteiger partial charge in [-0.15, -0.1) is 0 Å². The molecule has 0 aliphatic carbocycles. The van der Waals surface area contributed by atoms with Crippen LogP contribution in [0.2, 0.25) is 10.2 Å². The highest BCUT2D eigenvalue weighted by Gasteiger charge is 2.15. The molecule has 110 valence electrons. The summed E-state index contributed by atoms with van der Waals surface area (Å²) in [5, 5.41) is 0.809. The lowest BCUT2D eigenvalue weighted by atomic mass is 10.2. The minimum atomic E-state index is -0.192. The molecular weight excluding hydrogens is 311 g/mol. The zero-order valence-electron chi connectivity index (χ0n) is 11.4. The minimum absolute atomic E-state index is 0.192. The van der Waals surface area contributed by atoms with Gasteiger partial charge in [0.25, 0.3) is 5.91 Å². The zero-order valence-corrected chi connectivity index (χ0v) is 12.9. The van der Waals surface area contributed by atoms with Crippen molar-refractivity contribution < 1.29 is 9.53 Å². The van der Waals surface area contributed by atoms with Crippen LogP contribution in [0.4, 0.5) is 0 Å². The summed E-state index contributed by atoms with van der Waals surface area (Å²) in [6.45, 7) is 0.789. The summed E-state index contributed by atoms with van der Waals surface area (Å²) in [6, 6.07) is 10.4. The number of hydrogen-bond donors (Lipinski definition) is 0. The minimum Gasteiger partial charge on any atom is -0.492 e. The maximum absolute atomic E-state index is 12.2. The number of carbonyl (C=O) groups excluding carboxylic acids is 1. The molecule has 1 amide bonds. The molecule has 0 saturated heterocycles. The van der Waals surface area contributed by atoms with Crippen LogP contribution in [0, 0.1) is 0 Å². The predicted octanol–water partition coefficient (Wildman–Crippen LogP) is 3.54. The smallest absolute Gasteiger partial charge is 0.256 e. The molecule has 0 saturated carbocycles. The highest BCUT2D eigenvalue weighted by atomic mass is 35.5. The molecule has 6 heteroatoms. The van der Waals surface area contributed by atoms with Gasteiger partial charge in [-0.3, -0.25) is 4.79 Å². The number of hydrogen-bond acceptors (Lipinski definition) is 3. The Morgan fingerprint density at radius 1 is 1.29 bits per heavy atom. The Balaban J connectivity index is 1.89. The van der Waals surface area contributed by atoms with Gasteiger partial charge in [-0.25, -0.2) is 4.98 Å². The van der Waals surface area contributed by atoms with Crippen LogP contribution >= 0.6 is 23.2 Å². The third-order valence-electron chi connectivity index (χ3n) is 2.83. The van der Waals surface area contributed by atoms with Gasteiger partial charge in [0, 0.05) is 18.3 Å². The van der Waals surface area contributed by atoms with Gasteiger partial charge in [0.2, 0.25) is 0 Å². The van der Waals surface area contributed by atoms with Gasteiger partial charge in [-0.2, -0.15) is 0 Å². The van der Waals surface area contributed by atoms with E-state index in [-0.39, 0.29) is 11.1 Å². The molecule has 0 fully saturated rings. The maximum Gasteiger partial charge on any atom is 0.256 e. The Labute approximate surface area is 133 Å². The van der Waals surface area contributed by atoms with Crippen molar-refractivity contribution in [2.24, 2.45) is 0 Å². The SMILES string of the molecule is CN(CCOc1cccc(Cl)c1)C(=O)c1cccnc1Cl. The van der Waals surface area contributed by atoms with E-state index in [1.807, 2.05) is 12.1 Å². The van der Waals surface area contributed by atoms with Gasteiger partial charge in [0.15, 0.2) is 0 Å². The van der Waals surface area contributed by atoms with Crippen LogP contribution in [0.15, 0.2) is 42.6 Å². The van der Waals surface area contributed by atoms with Crippen molar-refractivity contribution in [2.75, 3.05) is 20.2 Å². The third-order valence-corrected chi connectivity index (χ3v) is 3.36. The fraction of sp³-hybridized carbons (Fsp3) is 0.200. The topological polar surface area (TPSA) is 42.4 Å². The highest BCUT2D eigenvalue weighted by molar-refractivity contribution is 6.32. The van der Waals surface area contributed by atoms with Gasteiger partial charge in [-0.1, -0.05) is 29.3 Å². The lowest BCUT2D eigenvalue weighted by molar-refractivity contribution is 0.0773. The largest absolute Gasteiger partial charge is 0.492 e. The van der Waals surface area contributed by atoms with Crippen molar-refractivity contribution >= 4 is 29.1 Å². The third kappa shape index (κ3) is 4.34. The molecule has 1 aromatic heterocycles. The molecule has 0 N–H and O–H groups in total. The summed E-state index contributed by atoms with van der Waals surface area (Å²) in [7, 11) is 1.69. The van der Waals surface area contributed by atoms with E-state index in [1.165, 1.54) is 4.90 Å². The summed E-state index contributed by atoms with van der Waals surface area (Å²) in [4.78, 5) is 17.6. The average Bonchev–Trinajstić information content (AvgIpc) is 2.47. The van der Waals surface area contributed by atoms with Crippen molar-refractivity contribution in [3.63, 3.8) is 0 Å². The lowest BCUT2D eigenvalue weighted by Gasteiger charge is -2.18. The molecule has 4 nitrogen and oxygen atoms in total. The first-order valence-electron chi connectivity index (χ1n) is 6.32. The molecule has 0 bridgehead atoms. The number of nitrogens with zero attached hydrogens (tertiary/aromatic N) is 2. The number of aromatic nitrogens is 1. The first kappa shape index (κ1) is 15.6. The predicted molar refractivity (Wildman–Crippen MR) is 83.2 cm³/mol. The molecule has 0 spiro atoms. The van der Waals surface area contributed by atoms with E-state index in [4.69, 9.17) is 27.9 Å². The van der Waals surface area contributed by atoms with Gasteiger partial charge < -0.3 is 9.64 Å². The van der Waals surface area contributed by atoms with Gasteiger partial charge in [0.1, 0.15) is 17.5 Å². The molecule has 0 aliphatic rings. The Bertz CT molecular complexity index is 635. The molecule has 0 radical (unpaired) electrons. The maximum atomic E-state index is 12.2. The standard InChI is InChI=1S/C15H14Cl2N2O2/c1-19(15(20)13-6-3-7-18-14(13)17)8-9-21-12-5-2-4-11(16)10-12/h2-7,10H,8-9H2,1H3. The van der Waals surface area contributed by atoms with Crippen molar-refractivity contribution in [2.45, 2.75) is 0 Å². The second-order valence-electron chi connectivity index (χ2n) is 4.37. The van der Waals surface area contributed by atoms with Gasteiger partial charge in [-0.05, 0) is 30.3 Å². The summed E-state index contributed by atoms with van der Waals surface area (Å²) in [5.41, 5.74) is 0.379. The van der Waals surface area contributed by atoms with E-state index >= 15 is 0 Å². The number of ether oxygens (including phenoxy) is 1. The summed E-state index contributed by atoms with van der Waals surface area (Å²) in [5.74, 6) is 0.477. The fourth-order valence-electron chi connectivity index (χ4n) is 1.71. The van der Waals surface area contributed by atoms with Crippen LogP contribution in [0.3, 0.4) is 0 Å². The monoisotopic (exact) mass is 324 g/mol. The molecule has 0 atom stereocenters. The number of rotatable bonds is 5. The van der Waals surface area contributed by atoms with Crippen LogP contribution in [0.1, 0.15) is 10.4 Å². The number of carbonyl (C=O) groups is 1. The van der Waals surface area contributed by atoms with Crippen molar-refractivity contribution in [1.82, 2.24) is 9.88 Å². The summed E-state index contributed by atoms with van der Waals surface area (Å²) in [6.07, 6.45) is 1.54. The first-order chi connectivity index (χ1) is 10.1. The van der Waals surface area contributed by atoms with Crippen LogP contribution < -0.4 is 4.74 Å². The van der Waals surface area contributed by atoms with Crippen LogP contribution in [0.25, 0.3) is 0 Å². The normalized spacial score (nSPS) is 10.2. The molecule has 0 aliphatic heterocycles. The van der Waals surface area contributed by atoms with Crippen molar-refractivity contribution in [3.8, 4) is 5.75 Å². The molecule has 1 aromatic carbocycles. The average molecular weight is 325 g/mol. The second kappa shape index (κ2) is 7.29. The zero-order chi connectivity index (χ0) is 15.2. The second-order valence-corrected chi connectivity index (χ2v) is 5.17. The van der Waals surface area contributed by atoms with E-state index in [0.29, 0.717) is 29.5 Å². The highest BCUT2D eigenvalue weighted by Crippen LogP contribution is 2.17. The Morgan fingerprint density at radius 2 is 2.10 bits per heavy atom. The quantitative estimate of drug-likeness (QED) is 0.790. The Kier molecular flexibility index (Phi) is 5.42. The summed E-state index contributed by atoms with van der Waals surface area (Å²) < 4.78 is 5.55. The van der Waals surface area contributed by atoms with Crippen molar-refractivity contribution in [3.05, 3.63) is 58.3 Å². The van der Waals surface area contributed by atoms with E-state index in [1.54, 1.807) is 37.5 Å². The van der Waals surface area contributed by atoms with Crippen LogP contribution in [-0.2, 0) is 0 Å². The molecule has 21 heavy (non-hydrogen) atoms. The molecule has 2 aromatic rings. The van der Waals surface area contributed by atoms with Crippen molar-refractivity contribution in [1.29, 1.82) is 0 Å². The number of amides is 1. The van der Waals surface area contributed by atoms with E-state index in [2.05, 4.69) is 4.98 Å². The molecular formula is C15H14Cl2N2O2. The number of benzene rings is 1. The van der Waals surface area contributed by atoms with E-state index in [0.717, 1.165) is 0 Å². The Hall–Kier alpha value is -1.78. The molecule has 0 unspecified atom stereocenters. The van der Waals surface area contributed by atoms with E-state index in [9.17, 15) is 4.79 Å². The van der Waals surface area contributed by atoms with Crippen LogP contribution in [0.5, 0.6) is 5.75 Å². The van der Waals surface area contributed by atoms with Gasteiger partial charge in [0.05, 0.1) is 12.1 Å². The lowest BCUT2D eigenvalue weighted by Crippen LogP contribution is -2.31. The Morgan fingerprint density at radius 3 is 2.81 bits per heavy atom. The first-order valence-corrected chi connectivity index (χ1v) is 7.08. The van der Waals surface area contributed by atoms with Crippen LogP contribution in [-0.4, -0.2) is 36.0 Å².